The van der Waals surface area contributed by atoms with Crippen LogP contribution in [0, 0.1) is 10.1 Å². The first kappa shape index (κ1) is 19.5. The zero-order valence-electron chi connectivity index (χ0n) is 14.9. The second-order valence-corrected chi connectivity index (χ2v) is 6.37. The predicted molar refractivity (Wildman–Crippen MR) is 100 cm³/mol. The van der Waals surface area contributed by atoms with Crippen LogP contribution in [0.1, 0.15) is 29.6 Å². The van der Waals surface area contributed by atoms with Crippen molar-refractivity contribution in [3.8, 4) is 5.75 Å². The van der Waals surface area contributed by atoms with E-state index in [4.69, 9.17) is 0 Å². The van der Waals surface area contributed by atoms with Crippen molar-refractivity contribution in [1.82, 2.24) is 0 Å². The minimum atomic E-state index is -2.93. The van der Waals surface area contributed by atoms with Crippen molar-refractivity contribution in [2.24, 2.45) is 0 Å². The maximum atomic E-state index is 12.4. The average molecular weight is 391 g/mol. The van der Waals surface area contributed by atoms with Gasteiger partial charge in [-0.05, 0) is 55.7 Å². The van der Waals surface area contributed by atoms with Crippen LogP contribution in [0.15, 0.2) is 42.5 Å². The summed E-state index contributed by atoms with van der Waals surface area (Å²) >= 11 is 0. The number of hydrogen-bond acceptors (Lipinski definition) is 5. The lowest BCUT2D eigenvalue weighted by Gasteiger charge is -2.28. The number of nitrogens with zero attached hydrogens (tertiary/aromatic N) is 2. The van der Waals surface area contributed by atoms with Gasteiger partial charge >= 0.3 is 6.61 Å². The first-order valence-corrected chi connectivity index (χ1v) is 8.83. The molecule has 1 aliphatic heterocycles. The lowest BCUT2D eigenvalue weighted by atomic mass is 10.1. The molecule has 0 spiro atoms. The van der Waals surface area contributed by atoms with Crippen LogP contribution in [-0.2, 0) is 0 Å². The van der Waals surface area contributed by atoms with Crippen molar-refractivity contribution in [2.45, 2.75) is 25.9 Å². The fourth-order valence-corrected chi connectivity index (χ4v) is 3.14. The van der Waals surface area contributed by atoms with E-state index in [0.717, 1.165) is 32.4 Å². The number of nitrogens with one attached hydrogen (secondary N) is 1. The Hall–Kier alpha value is -3.23. The third kappa shape index (κ3) is 4.73. The Morgan fingerprint density at radius 3 is 2.39 bits per heavy atom. The molecule has 0 atom stereocenters. The van der Waals surface area contributed by atoms with E-state index in [0.29, 0.717) is 11.4 Å². The Labute approximate surface area is 160 Å². The van der Waals surface area contributed by atoms with Gasteiger partial charge in [0.15, 0.2) is 0 Å². The summed E-state index contributed by atoms with van der Waals surface area (Å²) < 4.78 is 28.6. The smallest absolute Gasteiger partial charge is 0.387 e. The molecule has 2 aromatic rings. The number of nitro groups is 1. The highest BCUT2D eigenvalue weighted by Gasteiger charge is 2.23. The molecule has 1 N–H and O–H groups in total. The van der Waals surface area contributed by atoms with Crippen LogP contribution in [0.4, 0.5) is 25.8 Å². The summed E-state index contributed by atoms with van der Waals surface area (Å²) in [6.07, 6.45) is 3.06. The highest BCUT2D eigenvalue weighted by molar-refractivity contribution is 6.05. The number of ether oxygens (including phenoxy) is 1. The monoisotopic (exact) mass is 391 g/mol. The molecule has 148 valence electrons. The van der Waals surface area contributed by atoms with Crippen molar-refractivity contribution in [2.75, 3.05) is 23.3 Å². The van der Waals surface area contributed by atoms with Gasteiger partial charge in [0.05, 0.1) is 4.92 Å². The molecule has 0 radical (unpaired) electrons. The van der Waals surface area contributed by atoms with E-state index in [2.05, 4.69) is 10.1 Å². The maximum Gasteiger partial charge on any atom is 0.387 e. The predicted octanol–water partition coefficient (Wildman–Crippen LogP) is 4.44. The maximum absolute atomic E-state index is 12.4. The van der Waals surface area contributed by atoms with Gasteiger partial charge in [0.1, 0.15) is 11.4 Å². The largest absolute Gasteiger partial charge is 0.435 e. The second kappa shape index (κ2) is 8.64. The van der Waals surface area contributed by atoms with Crippen LogP contribution in [0.3, 0.4) is 0 Å². The Morgan fingerprint density at radius 2 is 1.79 bits per heavy atom. The van der Waals surface area contributed by atoms with E-state index in [-0.39, 0.29) is 17.0 Å². The van der Waals surface area contributed by atoms with Gasteiger partial charge in [-0.15, -0.1) is 0 Å². The molecule has 1 aliphatic rings. The van der Waals surface area contributed by atoms with E-state index >= 15 is 0 Å². The summed E-state index contributed by atoms with van der Waals surface area (Å²) in [5, 5.41) is 14.1. The Bertz CT molecular complexity index is 853. The molecule has 28 heavy (non-hydrogen) atoms. The van der Waals surface area contributed by atoms with Gasteiger partial charge in [-0.25, -0.2) is 0 Å². The molecule has 7 nitrogen and oxygen atoms in total. The Morgan fingerprint density at radius 1 is 1.11 bits per heavy atom. The molecule has 0 unspecified atom stereocenters. The number of nitro benzene ring substituents is 1. The molecule has 0 bridgehead atoms. The number of rotatable bonds is 6. The molecule has 1 fully saturated rings. The molecule has 0 aliphatic carbocycles. The summed E-state index contributed by atoms with van der Waals surface area (Å²) in [7, 11) is 0. The number of anilines is 2. The van der Waals surface area contributed by atoms with Gasteiger partial charge in [0.25, 0.3) is 11.6 Å². The van der Waals surface area contributed by atoms with Crippen molar-refractivity contribution in [1.29, 1.82) is 0 Å². The Kier molecular flexibility index (Phi) is 6.03. The van der Waals surface area contributed by atoms with Crippen LogP contribution >= 0.6 is 0 Å². The third-order valence-corrected chi connectivity index (χ3v) is 4.47. The first-order chi connectivity index (χ1) is 13.4. The summed E-state index contributed by atoms with van der Waals surface area (Å²) in [5.41, 5.74) is 0.889. The number of carbonyl (C=O) groups excluding carboxylic acids is 1. The summed E-state index contributed by atoms with van der Waals surface area (Å²) in [6.45, 7) is -1.43. The van der Waals surface area contributed by atoms with Crippen LogP contribution in [0.2, 0.25) is 0 Å². The van der Waals surface area contributed by atoms with Crippen LogP contribution in [0.25, 0.3) is 0 Å². The molecule has 0 saturated carbocycles. The standard InChI is InChI=1S/C19H19F2N3O4/c20-19(21)28-15-7-5-14(6-8-15)22-18(25)13-4-9-16(17(12-13)24(26)27)23-10-2-1-3-11-23/h4-9,12,19H,1-3,10-11H2,(H,22,25). The van der Waals surface area contributed by atoms with Crippen molar-refractivity contribution >= 4 is 23.0 Å². The zero-order valence-corrected chi connectivity index (χ0v) is 14.9. The third-order valence-electron chi connectivity index (χ3n) is 4.47. The number of halogens is 2. The fourth-order valence-electron chi connectivity index (χ4n) is 3.14. The molecule has 1 heterocycles. The number of piperidine rings is 1. The van der Waals surface area contributed by atoms with Gasteiger partial charge < -0.3 is 15.0 Å². The van der Waals surface area contributed by atoms with Crippen molar-refractivity contribution < 1.29 is 23.2 Å². The van der Waals surface area contributed by atoms with Gasteiger partial charge in [0, 0.05) is 30.4 Å². The summed E-state index contributed by atoms with van der Waals surface area (Å²) in [6, 6.07) is 9.80. The molecule has 2 aromatic carbocycles. The van der Waals surface area contributed by atoms with Gasteiger partial charge in [-0.2, -0.15) is 8.78 Å². The van der Waals surface area contributed by atoms with Gasteiger partial charge in [0.2, 0.25) is 0 Å². The van der Waals surface area contributed by atoms with E-state index in [1.165, 1.54) is 30.3 Å². The number of carbonyl (C=O) groups is 1. The van der Waals surface area contributed by atoms with Gasteiger partial charge in [-0.3, -0.25) is 14.9 Å². The lowest BCUT2D eigenvalue weighted by molar-refractivity contribution is -0.384. The highest BCUT2D eigenvalue weighted by Crippen LogP contribution is 2.31. The molecule has 3 rings (SSSR count). The minimum Gasteiger partial charge on any atom is -0.435 e. The molecule has 1 saturated heterocycles. The molecule has 1 amide bonds. The SMILES string of the molecule is O=C(Nc1ccc(OC(F)F)cc1)c1ccc(N2CCCCC2)c([N+](=O)[O-])c1. The molecule has 9 heteroatoms. The van der Waals surface area contributed by atoms with E-state index in [9.17, 15) is 23.7 Å². The van der Waals surface area contributed by atoms with Crippen LogP contribution in [0.5, 0.6) is 5.75 Å². The Balaban J connectivity index is 1.76. The molecule has 0 aromatic heterocycles. The topological polar surface area (TPSA) is 84.7 Å². The minimum absolute atomic E-state index is 0.0329. The van der Waals surface area contributed by atoms with Crippen molar-refractivity contribution in [3.63, 3.8) is 0 Å². The second-order valence-electron chi connectivity index (χ2n) is 6.37. The fraction of sp³-hybridized carbons (Fsp3) is 0.316. The normalized spacial score (nSPS) is 14.0. The number of alkyl halides is 2. The van der Waals surface area contributed by atoms with E-state index < -0.39 is 17.4 Å². The lowest BCUT2D eigenvalue weighted by Crippen LogP contribution is -2.30. The summed E-state index contributed by atoms with van der Waals surface area (Å²) in [5.74, 6) is -0.564. The van der Waals surface area contributed by atoms with E-state index in [1.807, 2.05) is 4.90 Å². The average Bonchev–Trinajstić information content (AvgIpc) is 2.69. The van der Waals surface area contributed by atoms with Crippen LogP contribution in [-0.4, -0.2) is 30.5 Å². The van der Waals surface area contributed by atoms with Crippen LogP contribution < -0.4 is 15.0 Å². The quantitative estimate of drug-likeness (QED) is 0.581. The number of amides is 1. The summed E-state index contributed by atoms with van der Waals surface area (Å²) in [4.78, 5) is 25.4. The highest BCUT2D eigenvalue weighted by atomic mass is 19.3. The number of hydrogen-bond donors (Lipinski definition) is 1. The van der Waals surface area contributed by atoms with Gasteiger partial charge in [-0.1, -0.05) is 0 Å². The molecular formula is C19H19F2N3O4. The zero-order chi connectivity index (χ0) is 20.1. The first-order valence-electron chi connectivity index (χ1n) is 8.83. The number of benzene rings is 2. The molecular weight excluding hydrogens is 372 g/mol. The van der Waals surface area contributed by atoms with Crippen molar-refractivity contribution in [3.05, 3.63) is 58.1 Å². The van der Waals surface area contributed by atoms with E-state index in [1.54, 1.807) is 12.1 Å².